The minimum absolute atomic E-state index is 0.223. The number of fused-ring (bicyclic) bond motifs is 1. The number of rotatable bonds is 8. The number of esters is 1. The molecule has 216 valence electrons. The van der Waals surface area contributed by atoms with Crippen LogP contribution in [0.25, 0.3) is 6.08 Å². The molecule has 0 fully saturated rings. The Hall–Kier alpha value is -3.95. The van der Waals surface area contributed by atoms with Crippen molar-refractivity contribution in [3.8, 4) is 11.5 Å². The van der Waals surface area contributed by atoms with E-state index in [0.29, 0.717) is 38.7 Å². The first kappa shape index (κ1) is 29.5. The summed E-state index contributed by atoms with van der Waals surface area (Å²) in [4.78, 5) is 32.2. The van der Waals surface area contributed by atoms with Crippen LogP contribution in [-0.4, -0.2) is 24.3 Å². The number of carbonyl (C=O) groups excluding carboxylic acids is 1. The maximum atomic E-state index is 14.0. The lowest BCUT2D eigenvalue weighted by atomic mass is 9.95. The molecule has 0 radical (unpaired) electrons. The van der Waals surface area contributed by atoms with Crippen LogP contribution in [0.2, 0.25) is 0 Å². The van der Waals surface area contributed by atoms with Gasteiger partial charge in [0, 0.05) is 4.47 Å². The summed E-state index contributed by atoms with van der Waals surface area (Å²) < 4.78 is 19.9. The van der Waals surface area contributed by atoms with Crippen LogP contribution in [0.5, 0.6) is 11.5 Å². The third kappa shape index (κ3) is 5.98. The average molecular weight is 648 g/mol. The van der Waals surface area contributed by atoms with E-state index >= 15 is 0 Å². The molecule has 0 aliphatic carbocycles. The SMILES string of the molecule is CCOC(=O)C1=C(C)N=c2s/c(=C/c3cc(OC)c(OCc4ccc(C)cc4)cc3Br)c(=O)n2[C@@H]1c1ccc(C)cc1. The van der Waals surface area contributed by atoms with Gasteiger partial charge in [-0.1, -0.05) is 86.9 Å². The Labute approximate surface area is 256 Å². The summed E-state index contributed by atoms with van der Waals surface area (Å²) in [6, 6.07) is 19.0. The van der Waals surface area contributed by atoms with Crippen molar-refractivity contribution in [2.45, 2.75) is 40.3 Å². The number of benzene rings is 3. The summed E-state index contributed by atoms with van der Waals surface area (Å²) in [7, 11) is 1.58. The molecule has 42 heavy (non-hydrogen) atoms. The van der Waals surface area contributed by atoms with Gasteiger partial charge in [-0.2, -0.15) is 0 Å². The fraction of sp³-hybridized carbons (Fsp3) is 0.242. The maximum Gasteiger partial charge on any atom is 0.338 e. The van der Waals surface area contributed by atoms with E-state index in [-0.39, 0.29) is 12.2 Å². The number of aromatic nitrogens is 1. The molecule has 9 heteroatoms. The highest BCUT2D eigenvalue weighted by molar-refractivity contribution is 9.10. The molecule has 7 nitrogen and oxygen atoms in total. The van der Waals surface area contributed by atoms with Crippen molar-refractivity contribution in [3.05, 3.63) is 124 Å². The van der Waals surface area contributed by atoms with Crippen LogP contribution in [0.15, 0.2) is 86.2 Å². The van der Waals surface area contributed by atoms with E-state index in [9.17, 15) is 9.59 Å². The summed E-state index contributed by atoms with van der Waals surface area (Å²) >= 11 is 4.92. The van der Waals surface area contributed by atoms with Crippen molar-refractivity contribution < 1.29 is 19.0 Å². The van der Waals surface area contributed by atoms with Crippen molar-refractivity contribution >= 4 is 39.3 Å². The summed E-state index contributed by atoms with van der Waals surface area (Å²) in [5.74, 6) is 0.646. The first-order chi connectivity index (χ1) is 20.2. The topological polar surface area (TPSA) is 79.1 Å². The highest BCUT2D eigenvalue weighted by Gasteiger charge is 2.33. The van der Waals surface area contributed by atoms with Crippen molar-refractivity contribution in [1.82, 2.24) is 4.57 Å². The molecule has 4 aromatic rings. The Morgan fingerprint density at radius 1 is 1.02 bits per heavy atom. The first-order valence-corrected chi connectivity index (χ1v) is 15.1. The number of hydrogen-bond donors (Lipinski definition) is 0. The van der Waals surface area contributed by atoms with E-state index in [1.807, 2.05) is 74.5 Å². The Morgan fingerprint density at radius 3 is 2.33 bits per heavy atom. The molecule has 1 aliphatic rings. The van der Waals surface area contributed by atoms with E-state index in [1.165, 1.54) is 16.9 Å². The second kappa shape index (κ2) is 12.5. The fourth-order valence-corrected chi connectivity index (χ4v) is 6.25. The molecule has 2 heterocycles. The largest absolute Gasteiger partial charge is 0.493 e. The van der Waals surface area contributed by atoms with Crippen molar-refractivity contribution in [2.75, 3.05) is 13.7 Å². The number of thiazole rings is 1. The van der Waals surface area contributed by atoms with Crippen LogP contribution in [0.4, 0.5) is 0 Å². The molecule has 1 aromatic heterocycles. The number of ether oxygens (including phenoxy) is 3. The maximum absolute atomic E-state index is 14.0. The van der Waals surface area contributed by atoms with Gasteiger partial charge in [0.05, 0.1) is 35.6 Å². The molecular formula is C33H31BrN2O5S. The highest BCUT2D eigenvalue weighted by Crippen LogP contribution is 2.35. The molecule has 0 spiro atoms. The van der Waals surface area contributed by atoms with Crippen LogP contribution in [0.3, 0.4) is 0 Å². The molecule has 0 saturated carbocycles. The van der Waals surface area contributed by atoms with Gasteiger partial charge in [0.2, 0.25) is 0 Å². The number of hydrogen-bond acceptors (Lipinski definition) is 7. The first-order valence-electron chi connectivity index (χ1n) is 13.5. The summed E-state index contributed by atoms with van der Waals surface area (Å²) in [6.07, 6.45) is 1.80. The van der Waals surface area contributed by atoms with Gasteiger partial charge in [0.15, 0.2) is 16.3 Å². The molecule has 0 amide bonds. The lowest BCUT2D eigenvalue weighted by Crippen LogP contribution is -2.39. The molecule has 5 rings (SSSR count). The van der Waals surface area contributed by atoms with Crippen LogP contribution >= 0.6 is 27.3 Å². The molecular weight excluding hydrogens is 616 g/mol. The number of carbonyl (C=O) groups is 1. The zero-order valence-electron chi connectivity index (χ0n) is 24.1. The highest BCUT2D eigenvalue weighted by atomic mass is 79.9. The van der Waals surface area contributed by atoms with Gasteiger partial charge in [-0.15, -0.1) is 0 Å². The molecule has 0 N–H and O–H groups in total. The van der Waals surface area contributed by atoms with Crippen LogP contribution in [0, 0.1) is 13.8 Å². The number of nitrogens with zero attached hydrogens (tertiary/aromatic N) is 2. The van der Waals surface area contributed by atoms with Crippen molar-refractivity contribution in [2.24, 2.45) is 4.99 Å². The lowest BCUT2D eigenvalue weighted by molar-refractivity contribution is -0.139. The second-order valence-electron chi connectivity index (χ2n) is 10.0. The van der Waals surface area contributed by atoms with Gasteiger partial charge in [0.25, 0.3) is 5.56 Å². The van der Waals surface area contributed by atoms with Gasteiger partial charge in [-0.25, -0.2) is 9.79 Å². The third-order valence-electron chi connectivity index (χ3n) is 6.99. The summed E-state index contributed by atoms with van der Waals surface area (Å²) in [5.41, 5.74) is 5.51. The predicted molar refractivity (Wildman–Crippen MR) is 168 cm³/mol. The fourth-order valence-electron chi connectivity index (χ4n) is 4.78. The standard InChI is InChI=1S/C33H31BrN2O5S/c1-6-40-32(38)29-21(4)35-33-36(30(29)23-13-9-20(3)10-14-23)31(37)28(42-33)16-24-15-26(39-5)27(17-25(24)34)41-18-22-11-7-19(2)8-12-22/h7-17,30H,6,18H2,1-5H3/b28-16+/t30-/m1/s1. The summed E-state index contributed by atoms with van der Waals surface area (Å²) in [5, 5.41) is 0. The van der Waals surface area contributed by atoms with Crippen LogP contribution < -0.4 is 24.4 Å². The van der Waals surface area contributed by atoms with E-state index in [2.05, 4.69) is 20.9 Å². The van der Waals surface area contributed by atoms with E-state index in [4.69, 9.17) is 14.2 Å². The third-order valence-corrected chi connectivity index (χ3v) is 8.66. The van der Waals surface area contributed by atoms with Gasteiger partial charge >= 0.3 is 5.97 Å². The molecule has 3 aromatic carbocycles. The quantitative estimate of drug-likeness (QED) is 0.227. The minimum atomic E-state index is -0.654. The van der Waals surface area contributed by atoms with Gasteiger partial charge in [0.1, 0.15) is 6.61 Å². The summed E-state index contributed by atoms with van der Waals surface area (Å²) in [6.45, 7) is 8.19. The van der Waals surface area contributed by atoms with Gasteiger partial charge in [-0.3, -0.25) is 9.36 Å². The van der Waals surface area contributed by atoms with Crippen LogP contribution in [-0.2, 0) is 16.1 Å². The molecule has 0 unspecified atom stereocenters. The Kier molecular flexibility index (Phi) is 8.80. The van der Waals surface area contributed by atoms with Crippen molar-refractivity contribution in [3.63, 3.8) is 0 Å². The van der Waals surface area contributed by atoms with E-state index in [1.54, 1.807) is 31.6 Å². The number of aryl methyl sites for hydroxylation is 2. The Morgan fingerprint density at radius 2 is 1.69 bits per heavy atom. The number of allylic oxidation sites excluding steroid dienone is 1. The predicted octanol–water partition coefficient (Wildman–Crippen LogP) is 5.77. The van der Waals surface area contributed by atoms with Crippen molar-refractivity contribution in [1.29, 1.82) is 0 Å². The lowest BCUT2D eigenvalue weighted by Gasteiger charge is -2.24. The zero-order chi connectivity index (χ0) is 30.0. The van der Waals surface area contributed by atoms with Gasteiger partial charge in [-0.05, 0) is 62.6 Å². The molecule has 0 saturated heterocycles. The molecule has 1 aliphatic heterocycles. The van der Waals surface area contributed by atoms with Crippen LogP contribution in [0.1, 0.15) is 47.7 Å². The zero-order valence-corrected chi connectivity index (χ0v) is 26.5. The monoisotopic (exact) mass is 646 g/mol. The average Bonchev–Trinajstić information content (AvgIpc) is 3.27. The van der Waals surface area contributed by atoms with Gasteiger partial charge < -0.3 is 14.2 Å². The smallest absolute Gasteiger partial charge is 0.338 e. The Bertz CT molecular complexity index is 1850. The van der Waals surface area contributed by atoms with E-state index in [0.717, 1.165) is 26.7 Å². The number of methoxy groups -OCH3 is 1. The molecule has 0 bridgehead atoms. The number of halogens is 1. The van der Waals surface area contributed by atoms with E-state index < -0.39 is 12.0 Å². The minimum Gasteiger partial charge on any atom is -0.493 e. The normalized spacial score (nSPS) is 14.8. The second-order valence-corrected chi connectivity index (χ2v) is 11.9. The Balaban J connectivity index is 1.57. The molecule has 1 atom stereocenters.